The molecule has 0 unspecified atom stereocenters. The van der Waals surface area contributed by atoms with Crippen molar-refractivity contribution in [3.05, 3.63) is 0 Å². The Bertz CT molecular complexity index is 2810. The predicted octanol–water partition coefficient (Wildman–Crippen LogP) is -9.27. The van der Waals surface area contributed by atoms with E-state index in [0.29, 0.717) is 6.42 Å². The molecule has 2 heterocycles. The average molecular weight is 1360 g/mol. The number of carbonyl (C=O) groups excluding carboxylic acids is 15. The van der Waals surface area contributed by atoms with Crippen molar-refractivity contribution in [3.63, 3.8) is 0 Å². The molecule has 0 saturated carbocycles. The zero-order valence-corrected chi connectivity index (χ0v) is 54.4. The number of aliphatic hydroxyl groups excluding tert-OH is 3. The molecular weight excluding hydrogens is 1260 g/mol. The fourth-order valence-electron chi connectivity index (χ4n) is 9.81. The first-order valence-corrected chi connectivity index (χ1v) is 30.9. The molecule has 2 rings (SSSR count). The average Bonchev–Trinajstić information content (AvgIpc) is 1.76. The zero-order valence-electron chi connectivity index (χ0n) is 54.4. The van der Waals surface area contributed by atoms with Gasteiger partial charge in [-0.05, 0) is 76.5 Å². The highest BCUT2D eigenvalue weighted by Crippen LogP contribution is 2.21. The number of aliphatic carboxylic acids is 2. The highest BCUT2D eigenvalue weighted by molar-refractivity contribution is 6.01. The van der Waals surface area contributed by atoms with Crippen molar-refractivity contribution in [2.45, 2.75) is 198 Å². The second-order valence-corrected chi connectivity index (χ2v) is 24.2. The van der Waals surface area contributed by atoms with Gasteiger partial charge in [0.1, 0.15) is 72.5 Å². The van der Waals surface area contributed by atoms with Gasteiger partial charge in [0, 0.05) is 25.9 Å². The lowest BCUT2D eigenvalue weighted by Gasteiger charge is -2.30. The molecule has 2 aliphatic heterocycles. The number of aliphatic hydroxyl groups is 3. The lowest BCUT2D eigenvalue weighted by molar-refractivity contribution is -0.143. The van der Waals surface area contributed by atoms with Crippen molar-refractivity contribution >= 4 is 101 Å². The lowest BCUT2D eigenvalue weighted by Crippen LogP contribution is -2.61. The Morgan fingerprint density at radius 1 is 0.453 bits per heavy atom. The first-order chi connectivity index (χ1) is 44.4. The van der Waals surface area contributed by atoms with Gasteiger partial charge in [-0.15, -0.1) is 0 Å². The quantitative estimate of drug-likeness (QED) is 0.0271. The minimum Gasteiger partial charge on any atom is -0.481 e. The monoisotopic (exact) mass is 1350 g/mol. The van der Waals surface area contributed by atoms with Crippen molar-refractivity contribution in [1.82, 2.24) is 68.3 Å². The Balaban J connectivity index is 2.19. The maximum atomic E-state index is 13.8. The molecule has 0 aromatic rings. The number of carbonyl (C=O) groups is 17. The summed E-state index contributed by atoms with van der Waals surface area (Å²) in [6.45, 7) is 8.65. The smallest absolute Gasteiger partial charge is 0.305 e. The molecule has 0 bridgehead atoms. The maximum Gasteiger partial charge on any atom is 0.305 e. The molecule has 95 heavy (non-hydrogen) atoms. The molecule has 534 valence electrons. The van der Waals surface area contributed by atoms with Crippen LogP contribution in [0.4, 0.5) is 0 Å². The summed E-state index contributed by atoms with van der Waals surface area (Å²) in [5, 5.41) is 74.8. The Hall–Kier alpha value is -9.17. The van der Waals surface area contributed by atoms with E-state index < -0.39 is 243 Å². The normalized spacial score (nSPS) is 17.9. The molecule has 2 aliphatic rings. The van der Waals surface area contributed by atoms with Crippen molar-refractivity contribution in [1.29, 1.82) is 0 Å². The molecule has 2 fully saturated rings. The third kappa shape index (κ3) is 26.6. The minimum absolute atomic E-state index is 0.00161. The number of amides is 15. The Morgan fingerprint density at radius 2 is 0.874 bits per heavy atom. The Labute approximate surface area is 546 Å². The molecule has 38 heteroatoms. The minimum atomic E-state index is -2.14. The van der Waals surface area contributed by atoms with E-state index in [0.717, 1.165) is 23.6 Å². The number of carboxylic acids is 2. The van der Waals surface area contributed by atoms with Crippen LogP contribution in [0.15, 0.2) is 0 Å². The second-order valence-electron chi connectivity index (χ2n) is 24.2. The third-order valence-corrected chi connectivity index (χ3v) is 15.3. The van der Waals surface area contributed by atoms with Crippen LogP contribution in [-0.2, 0) is 81.5 Å². The summed E-state index contributed by atoms with van der Waals surface area (Å²) in [6, 6.07) is -19.8. The molecule has 0 radical (unpaired) electrons. The van der Waals surface area contributed by atoms with Crippen molar-refractivity contribution in [3.8, 4) is 0 Å². The second kappa shape index (κ2) is 39.5. The Morgan fingerprint density at radius 3 is 1.31 bits per heavy atom. The van der Waals surface area contributed by atoms with Crippen LogP contribution < -0.4 is 75.7 Å². The summed E-state index contributed by atoms with van der Waals surface area (Å²) in [4.78, 5) is 224. The first-order valence-electron chi connectivity index (χ1n) is 30.9. The van der Waals surface area contributed by atoms with Crippen LogP contribution in [0.1, 0.15) is 120 Å². The molecule has 22 N–H and O–H groups in total. The molecule has 13 atom stereocenters. The van der Waals surface area contributed by atoms with Gasteiger partial charge in [-0.3, -0.25) is 81.5 Å². The van der Waals surface area contributed by atoms with Gasteiger partial charge in [0.25, 0.3) is 0 Å². The Kier molecular flexibility index (Phi) is 34.1. The van der Waals surface area contributed by atoms with Crippen LogP contribution in [0, 0.1) is 17.8 Å². The molecule has 0 aromatic heterocycles. The van der Waals surface area contributed by atoms with Crippen LogP contribution in [-0.4, -0.2) is 254 Å². The first kappa shape index (κ1) is 81.9. The molecule has 38 nitrogen and oxygen atoms in total. The molecule has 0 aliphatic carbocycles. The zero-order chi connectivity index (χ0) is 72.3. The van der Waals surface area contributed by atoms with Gasteiger partial charge in [-0.2, -0.15) is 0 Å². The van der Waals surface area contributed by atoms with E-state index >= 15 is 0 Å². The molecule has 2 saturated heterocycles. The number of carboxylic acid groups (broad SMARTS) is 2. The topological polar surface area (TPSA) is 608 Å². The van der Waals surface area contributed by atoms with Gasteiger partial charge in [-0.25, -0.2) is 0 Å². The highest BCUT2D eigenvalue weighted by atomic mass is 16.4. The predicted molar refractivity (Wildman–Crippen MR) is 328 cm³/mol. The fraction of sp³-hybridized carbons (Fsp3) is 0.702. The number of primary amides is 2. The van der Waals surface area contributed by atoms with Crippen LogP contribution in [0.5, 0.6) is 0 Å². The van der Waals surface area contributed by atoms with Crippen molar-refractivity contribution < 1.29 is 107 Å². The molecule has 0 aromatic carbocycles. The van der Waals surface area contributed by atoms with Crippen LogP contribution in [0.3, 0.4) is 0 Å². The van der Waals surface area contributed by atoms with Crippen LogP contribution >= 0.6 is 0 Å². The van der Waals surface area contributed by atoms with E-state index in [4.69, 9.17) is 17.2 Å². The third-order valence-electron chi connectivity index (χ3n) is 15.3. The lowest BCUT2D eigenvalue weighted by atomic mass is 10.0. The van der Waals surface area contributed by atoms with Gasteiger partial charge in [-0.1, -0.05) is 41.5 Å². The van der Waals surface area contributed by atoms with E-state index in [1.807, 2.05) is 0 Å². The fourth-order valence-corrected chi connectivity index (χ4v) is 9.81. The van der Waals surface area contributed by atoms with E-state index in [9.17, 15) is 107 Å². The number of nitrogens with zero attached hydrogens (tertiary/aromatic N) is 2. The molecular formula is C57H94N16O22. The highest BCUT2D eigenvalue weighted by Gasteiger charge is 2.42. The number of hydrogen-bond donors (Lipinski definition) is 19. The standard InChI is InChI=1S/C57H94N16O22/c1-25(2)19-32(45(60)83)67-52(90)37-11-9-18-73(37)57(95)36(24-76)70-47(85)29(8)62-48(86)31(14-16-41(79)80)66-50(88)33(20-42(81)82)68-49(87)30(13-15-39(58)77)65-46(84)28(7)63-51(89)34(22-74)69-53(91)38-12-10-17-72(38)56(94)35(23-75)64-40(78)21-61-55(93)44(27(5)6)71-54(92)43(59)26(3)4/h25-38,43-44,74-76H,9-24,59H2,1-8H3,(H2,58,77)(H2,60,83)(H,61,93)(H,62,86)(H,63,89)(H,64,78)(H,65,84)(H,66,88)(H,67,90)(H,68,87)(H,69,91)(H,70,85)(H,71,92)(H,79,80)(H,81,82)/t28-,29-,30-,31-,32-,33-,34-,35-,36-,37-,38-,43-,44-/m0/s1. The van der Waals surface area contributed by atoms with Crippen LogP contribution in [0.25, 0.3) is 0 Å². The van der Waals surface area contributed by atoms with E-state index in [1.54, 1.807) is 41.5 Å². The summed E-state index contributed by atoms with van der Waals surface area (Å²) < 4.78 is 0. The SMILES string of the molecule is CC(C)C[C@H](NC(=O)[C@@H]1CCCN1C(=O)[C@H](CO)NC(=O)[C@H](C)NC(=O)[C@H](CCC(=O)O)NC(=O)[C@H](CC(=O)O)NC(=O)[C@H](CCC(N)=O)NC(=O)[C@H](C)NC(=O)[C@H](CO)NC(=O)[C@@H]1CCCN1C(=O)[C@H](CO)NC(=O)CNC(=O)[C@@H](NC(=O)[C@@H](N)C(C)C)C(C)C)C(N)=O. The summed E-state index contributed by atoms with van der Waals surface area (Å²) in [5.74, 6) is -19.1. The van der Waals surface area contributed by atoms with E-state index in [2.05, 4.69) is 58.5 Å². The van der Waals surface area contributed by atoms with E-state index in [1.165, 1.54) is 0 Å². The van der Waals surface area contributed by atoms with Crippen molar-refractivity contribution in [2.75, 3.05) is 39.5 Å². The van der Waals surface area contributed by atoms with Gasteiger partial charge < -0.3 is 111 Å². The van der Waals surface area contributed by atoms with Gasteiger partial charge in [0.15, 0.2) is 0 Å². The summed E-state index contributed by atoms with van der Waals surface area (Å²) in [7, 11) is 0. The van der Waals surface area contributed by atoms with Gasteiger partial charge in [0.2, 0.25) is 88.6 Å². The van der Waals surface area contributed by atoms with E-state index in [-0.39, 0.29) is 50.6 Å². The summed E-state index contributed by atoms with van der Waals surface area (Å²) in [6.07, 6.45) is -3.11. The maximum absolute atomic E-state index is 13.8. The van der Waals surface area contributed by atoms with Gasteiger partial charge in [0.05, 0.1) is 38.8 Å². The molecule has 0 spiro atoms. The number of nitrogens with two attached hydrogens (primary N) is 3. The van der Waals surface area contributed by atoms with Gasteiger partial charge >= 0.3 is 11.9 Å². The largest absolute Gasteiger partial charge is 0.481 e. The molecule has 15 amide bonds. The number of likely N-dealkylation sites (tertiary alicyclic amines) is 2. The van der Waals surface area contributed by atoms with Crippen molar-refractivity contribution in [2.24, 2.45) is 35.0 Å². The number of nitrogens with one attached hydrogen (secondary N) is 11. The number of hydrogen-bond acceptors (Lipinski definition) is 21. The van der Waals surface area contributed by atoms with Crippen LogP contribution in [0.2, 0.25) is 0 Å². The summed E-state index contributed by atoms with van der Waals surface area (Å²) in [5.41, 5.74) is 16.7. The summed E-state index contributed by atoms with van der Waals surface area (Å²) >= 11 is 0. The number of rotatable bonds is 40.